The number of likely N-dealkylation sites (tertiary alicyclic amines) is 1. The van der Waals surface area contributed by atoms with Crippen LogP contribution in [0.2, 0.25) is 0 Å². The van der Waals surface area contributed by atoms with Crippen LogP contribution in [0.25, 0.3) is 10.9 Å². The lowest BCUT2D eigenvalue weighted by Crippen LogP contribution is -2.44. The molecular weight excluding hydrogens is 562 g/mol. The lowest BCUT2D eigenvalue weighted by molar-refractivity contribution is 0.0811. The summed E-state index contributed by atoms with van der Waals surface area (Å²) >= 11 is 0. The molecule has 1 atom stereocenters. The topological polar surface area (TPSA) is 97.7 Å². The number of hydrogen-bond acceptors (Lipinski definition) is 5. The molecule has 8 nitrogen and oxygen atoms in total. The van der Waals surface area contributed by atoms with Crippen LogP contribution in [0.15, 0.2) is 78.9 Å². The number of carbonyl (C=O) groups excluding carboxylic acids is 2. The van der Waals surface area contributed by atoms with E-state index in [0.717, 1.165) is 40.4 Å². The summed E-state index contributed by atoms with van der Waals surface area (Å²) in [4.78, 5) is 27.9. The predicted molar refractivity (Wildman–Crippen MR) is 168 cm³/mol. The molecule has 0 aliphatic carbocycles. The number of nitrogens with one attached hydrogen (secondary N) is 1. The standard InChI is InChI=1S/C34H39N3O5S/c1-25-17-18-30-26(2)32(37(31(30)21-25)20-10-15-27-11-5-3-6-12-27)33(38)35-43(40,41)24-29-16-9-19-36(22-29)34(39)42-23-28-13-7-4-8-14-28/h3-8,11-14,17-18,21,29H,9-10,15-16,19-20,22-24H2,1-2H3,(H,35,38). The number of nitrogens with zero attached hydrogens (tertiary/aromatic N) is 2. The van der Waals surface area contributed by atoms with E-state index in [1.54, 1.807) is 4.90 Å². The third kappa shape index (κ3) is 7.65. The van der Waals surface area contributed by atoms with Crippen molar-refractivity contribution in [3.05, 3.63) is 107 Å². The molecule has 1 aliphatic rings. The Hall–Kier alpha value is -4.11. The summed E-state index contributed by atoms with van der Waals surface area (Å²) in [6.45, 7) is 5.39. The summed E-state index contributed by atoms with van der Waals surface area (Å²) in [5.41, 5.74) is 5.21. The SMILES string of the molecule is Cc1ccc2c(C)c(C(=O)NS(=O)(=O)CC3CCCN(C(=O)OCc4ccccc4)C3)n(CCCc3ccccc3)c2c1. The second kappa shape index (κ2) is 13.5. The summed E-state index contributed by atoms with van der Waals surface area (Å²) in [7, 11) is -3.97. The maximum atomic E-state index is 13.6. The van der Waals surface area contributed by atoms with Crippen LogP contribution in [-0.2, 0) is 34.3 Å². The van der Waals surface area contributed by atoms with Crippen LogP contribution < -0.4 is 4.72 Å². The Bertz CT molecular complexity index is 1680. The van der Waals surface area contributed by atoms with Crippen LogP contribution in [-0.4, -0.2) is 48.7 Å². The highest BCUT2D eigenvalue weighted by Crippen LogP contribution is 2.28. The summed E-state index contributed by atoms with van der Waals surface area (Å²) in [5.74, 6) is -1.17. The van der Waals surface area contributed by atoms with Gasteiger partial charge in [-0.3, -0.25) is 4.79 Å². The van der Waals surface area contributed by atoms with Crippen molar-refractivity contribution in [2.24, 2.45) is 5.92 Å². The molecule has 2 heterocycles. The van der Waals surface area contributed by atoms with Gasteiger partial charge in [0.15, 0.2) is 0 Å². The molecule has 0 radical (unpaired) electrons. The van der Waals surface area contributed by atoms with Crippen molar-refractivity contribution < 1.29 is 22.7 Å². The number of aromatic nitrogens is 1. The molecule has 9 heteroatoms. The molecule has 0 saturated carbocycles. The molecule has 226 valence electrons. The molecule has 43 heavy (non-hydrogen) atoms. The molecule has 1 aromatic heterocycles. The first-order valence-electron chi connectivity index (χ1n) is 14.8. The fraction of sp³-hybridized carbons (Fsp3) is 0.353. The third-order valence-electron chi connectivity index (χ3n) is 8.06. The quantitative estimate of drug-likeness (QED) is 0.241. The summed E-state index contributed by atoms with van der Waals surface area (Å²) in [6.07, 6.45) is 2.50. The Kier molecular flexibility index (Phi) is 9.50. The zero-order valence-corrected chi connectivity index (χ0v) is 25.6. The number of sulfonamides is 1. The van der Waals surface area contributed by atoms with E-state index >= 15 is 0 Å². The largest absolute Gasteiger partial charge is 0.445 e. The van der Waals surface area contributed by atoms with Crippen LogP contribution in [0.5, 0.6) is 0 Å². The van der Waals surface area contributed by atoms with Crippen LogP contribution >= 0.6 is 0 Å². The third-order valence-corrected chi connectivity index (χ3v) is 9.47. The number of benzene rings is 3. The van der Waals surface area contributed by atoms with E-state index in [1.165, 1.54) is 5.56 Å². The van der Waals surface area contributed by atoms with Crippen molar-refractivity contribution in [2.45, 2.75) is 52.7 Å². The normalized spacial score (nSPS) is 15.4. The molecular formula is C34H39N3O5S. The Morgan fingerprint density at radius 3 is 2.37 bits per heavy atom. The second-order valence-corrected chi connectivity index (χ2v) is 13.2. The number of hydrogen-bond donors (Lipinski definition) is 1. The van der Waals surface area contributed by atoms with E-state index < -0.39 is 22.0 Å². The number of rotatable bonds is 10. The lowest BCUT2D eigenvalue weighted by Gasteiger charge is -2.31. The highest BCUT2D eigenvalue weighted by atomic mass is 32.2. The molecule has 0 spiro atoms. The monoisotopic (exact) mass is 601 g/mol. The van der Waals surface area contributed by atoms with E-state index in [1.807, 2.05) is 85.1 Å². The number of piperidine rings is 1. The van der Waals surface area contributed by atoms with E-state index in [0.29, 0.717) is 31.6 Å². The Morgan fingerprint density at radius 2 is 1.65 bits per heavy atom. The minimum absolute atomic E-state index is 0.160. The van der Waals surface area contributed by atoms with Gasteiger partial charge >= 0.3 is 6.09 Å². The number of fused-ring (bicyclic) bond motifs is 1. The first kappa shape index (κ1) is 30.4. The molecule has 1 aliphatic heterocycles. The Labute approximate surface area is 253 Å². The highest BCUT2D eigenvalue weighted by molar-refractivity contribution is 7.90. The van der Waals surface area contributed by atoms with Gasteiger partial charge in [0.25, 0.3) is 5.91 Å². The van der Waals surface area contributed by atoms with Crippen LogP contribution in [0.3, 0.4) is 0 Å². The van der Waals surface area contributed by atoms with Crippen molar-refractivity contribution >= 4 is 32.9 Å². The zero-order valence-electron chi connectivity index (χ0n) is 24.8. The number of ether oxygens (including phenoxy) is 1. The Balaban J connectivity index is 1.26. The fourth-order valence-corrected chi connectivity index (χ4v) is 7.32. The van der Waals surface area contributed by atoms with Crippen LogP contribution in [0.4, 0.5) is 4.79 Å². The Morgan fingerprint density at radius 1 is 0.953 bits per heavy atom. The van der Waals surface area contributed by atoms with Crippen molar-refractivity contribution in [3.8, 4) is 0 Å². The molecule has 1 N–H and O–H groups in total. The minimum Gasteiger partial charge on any atom is -0.445 e. The highest BCUT2D eigenvalue weighted by Gasteiger charge is 2.30. The maximum absolute atomic E-state index is 13.6. The fourth-order valence-electron chi connectivity index (χ4n) is 5.96. The van der Waals surface area contributed by atoms with E-state index in [4.69, 9.17) is 4.74 Å². The van der Waals surface area contributed by atoms with Gasteiger partial charge in [0, 0.05) is 30.5 Å². The molecule has 3 aromatic carbocycles. The van der Waals surface area contributed by atoms with Crippen molar-refractivity contribution in [1.82, 2.24) is 14.2 Å². The van der Waals surface area contributed by atoms with Gasteiger partial charge in [-0.1, -0.05) is 72.8 Å². The average Bonchev–Trinajstić information content (AvgIpc) is 3.27. The minimum atomic E-state index is -3.97. The zero-order chi connectivity index (χ0) is 30.4. The van der Waals surface area contributed by atoms with E-state index in [2.05, 4.69) is 16.9 Å². The van der Waals surface area contributed by atoms with Gasteiger partial charge < -0.3 is 14.2 Å². The van der Waals surface area contributed by atoms with Gasteiger partial charge in [-0.15, -0.1) is 0 Å². The summed E-state index contributed by atoms with van der Waals surface area (Å²) in [5, 5.41) is 0.935. The van der Waals surface area contributed by atoms with Gasteiger partial charge in [0.1, 0.15) is 12.3 Å². The molecule has 2 amide bonds. The van der Waals surface area contributed by atoms with Crippen molar-refractivity contribution in [2.75, 3.05) is 18.8 Å². The second-order valence-electron chi connectivity index (χ2n) is 11.4. The van der Waals surface area contributed by atoms with Gasteiger partial charge in [-0.25, -0.2) is 17.9 Å². The average molecular weight is 602 g/mol. The number of amides is 2. The van der Waals surface area contributed by atoms with Gasteiger partial charge in [0.2, 0.25) is 10.0 Å². The number of aryl methyl sites for hydroxylation is 4. The van der Waals surface area contributed by atoms with Crippen molar-refractivity contribution in [1.29, 1.82) is 0 Å². The molecule has 0 bridgehead atoms. The van der Waals surface area contributed by atoms with Gasteiger partial charge in [-0.2, -0.15) is 0 Å². The van der Waals surface area contributed by atoms with E-state index in [9.17, 15) is 18.0 Å². The molecule has 1 unspecified atom stereocenters. The molecule has 1 saturated heterocycles. The van der Waals surface area contributed by atoms with E-state index in [-0.39, 0.29) is 24.8 Å². The smallest absolute Gasteiger partial charge is 0.410 e. The van der Waals surface area contributed by atoms with Crippen LogP contribution in [0, 0.1) is 19.8 Å². The molecule has 5 rings (SSSR count). The van der Waals surface area contributed by atoms with Crippen molar-refractivity contribution in [3.63, 3.8) is 0 Å². The lowest BCUT2D eigenvalue weighted by atomic mass is 10.0. The van der Waals surface area contributed by atoms with Gasteiger partial charge in [-0.05, 0) is 73.8 Å². The summed E-state index contributed by atoms with van der Waals surface area (Å²) in [6, 6.07) is 25.6. The molecule has 4 aromatic rings. The maximum Gasteiger partial charge on any atom is 0.410 e. The first-order valence-corrected chi connectivity index (χ1v) is 16.5. The number of carbonyl (C=O) groups is 2. The van der Waals surface area contributed by atoms with Crippen LogP contribution in [0.1, 0.15) is 52.0 Å². The molecule has 1 fully saturated rings. The summed E-state index contributed by atoms with van der Waals surface area (Å²) < 4.78 is 36.3. The first-order chi connectivity index (χ1) is 20.7. The predicted octanol–water partition coefficient (Wildman–Crippen LogP) is 6.00. The van der Waals surface area contributed by atoms with Gasteiger partial charge in [0.05, 0.1) is 5.75 Å².